The zero-order chi connectivity index (χ0) is 19.5. The molecule has 0 saturated carbocycles. The molecule has 0 aliphatic carbocycles. The summed E-state index contributed by atoms with van der Waals surface area (Å²) in [5, 5.41) is 16.2. The molecule has 1 saturated heterocycles. The summed E-state index contributed by atoms with van der Waals surface area (Å²) >= 11 is 0. The second-order valence-corrected chi connectivity index (χ2v) is 8.08. The number of carbonyl (C=O) groups is 1. The van der Waals surface area contributed by atoms with Crippen molar-refractivity contribution in [2.45, 2.75) is 33.1 Å². The Balaban J connectivity index is 1.43. The average molecular weight is 378 g/mol. The van der Waals surface area contributed by atoms with Gasteiger partial charge in [0.05, 0.1) is 0 Å². The number of H-pyrrole nitrogens is 1. The first-order valence-corrected chi connectivity index (χ1v) is 9.96. The van der Waals surface area contributed by atoms with Gasteiger partial charge in [0.2, 0.25) is 5.82 Å². The van der Waals surface area contributed by atoms with E-state index in [1.165, 1.54) is 0 Å². The lowest BCUT2D eigenvalue weighted by atomic mass is 9.89. The second kappa shape index (κ2) is 8.14. The molecule has 1 fully saturated rings. The number of ketones is 1. The topological polar surface area (TPSA) is 87.7 Å². The van der Waals surface area contributed by atoms with Crippen molar-refractivity contribution in [1.82, 2.24) is 30.5 Å². The van der Waals surface area contributed by atoms with E-state index in [9.17, 15) is 4.79 Å². The lowest BCUT2D eigenvalue weighted by Crippen LogP contribution is -2.38. The van der Waals surface area contributed by atoms with E-state index in [0.717, 1.165) is 54.5 Å². The molecule has 1 aliphatic rings. The minimum Gasteiger partial charge on any atom is -0.303 e. The molecule has 1 aromatic carbocycles. The molecule has 0 amide bonds. The van der Waals surface area contributed by atoms with Crippen LogP contribution in [0.25, 0.3) is 22.2 Å². The Labute approximate surface area is 164 Å². The van der Waals surface area contributed by atoms with Crippen molar-refractivity contribution >= 4 is 16.6 Å². The highest BCUT2D eigenvalue weighted by molar-refractivity contribution is 5.88. The number of Topliss-reactive ketones (excluding diaryl/α,β-unsaturated/α-hetero) is 1. The normalized spacial score (nSPS) is 16.1. The standard InChI is InChI=1S/C21H26N6O/c1-14(2)13-27-7-5-15(6-8-27)20(28)11-19-10-18-9-16(21-23-25-26-24-21)3-4-17(18)12-22-19/h3-4,9-10,12,14-15H,5-8,11,13H2,1-2H3,(H,23,24,25,26). The molecule has 3 heterocycles. The van der Waals surface area contributed by atoms with Crippen molar-refractivity contribution in [3.05, 3.63) is 36.2 Å². The van der Waals surface area contributed by atoms with Crippen molar-refractivity contribution in [2.75, 3.05) is 19.6 Å². The molecule has 7 nitrogen and oxygen atoms in total. The third kappa shape index (κ3) is 4.25. The van der Waals surface area contributed by atoms with Gasteiger partial charge >= 0.3 is 0 Å². The lowest BCUT2D eigenvalue weighted by molar-refractivity contribution is -0.123. The van der Waals surface area contributed by atoms with Crippen LogP contribution in [0.2, 0.25) is 0 Å². The fourth-order valence-electron chi connectivity index (χ4n) is 3.98. The smallest absolute Gasteiger partial charge is 0.204 e. The van der Waals surface area contributed by atoms with Crippen LogP contribution >= 0.6 is 0 Å². The van der Waals surface area contributed by atoms with E-state index in [2.05, 4.69) is 44.4 Å². The summed E-state index contributed by atoms with van der Waals surface area (Å²) in [7, 11) is 0. The third-order valence-corrected chi connectivity index (χ3v) is 5.40. The molecular weight excluding hydrogens is 352 g/mol. The summed E-state index contributed by atoms with van der Waals surface area (Å²) in [6, 6.07) is 7.96. The zero-order valence-corrected chi connectivity index (χ0v) is 16.4. The number of aromatic amines is 1. The number of aromatic nitrogens is 5. The lowest BCUT2D eigenvalue weighted by Gasteiger charge is -2.32. The molecule has 1 N–H and O–H groups in total. The SMILES string of the molecule is CC(C)CN1CCC(C(=O)Cc2cc3cc(-c4nn[nH]n4)ccc3cn2)CC1. The summed E-state index contributed by atoms with van der Waals surface area (Å²) in [6.07, 6.45) is 4.16. The van der Waals surface area contributed by atoms with E-state index in [-0.39, 0.29) is 5.92 Å². The van der Waals surface area contributed by atoms with Gasteiger partial charge in [-0.2, -0.15) is 5.21 Å². The van der Waals surface area contributed by atoms with Crippen LogP contribution in [-0.4, -0.2) is 55.9 Å². The number of nitrogens with one attached hydrogen (secondary N) is 1. The van der Waals surface area contributed by atoms with Crippen molar-refractivity contribution in [3.8, 4) is 11.4 Å². The van der Waals surface area contributed by atoms with Gasteiger partial charge in [0, 0.05) is 41.7 Å². The fraction of sp³-hybridized carbons (Fsp3) is 0.476. The van der Waals surface area contributed by atoms with Gasteiger partial charge in [0.15, 0.2) is 0 Å². The summed E-state index contributed by atoms with van der Waals surface area (Å²) in [5.74, 6) is 1.70. The Kier molecular flexibility index (Phi) is 5.43. The number of likely N-dealkylation sites (tertiary alicyclic amines) is 1. The van der Waals surface area contributed by atoms with Gasteiger partial charge in [-0.15, -0.1) is 10.2 Å². The third-order valence-electron chi connectivity index (χ3n) is 5.40. The van der Waals surface area contributed by atoms with Crippen molar-refractivity contribution in [3.63, 3.8) is 0 Å². The first kappa shape index (κ1) is 18.7. The molecule has 28 heavy (non-hydrogen) atoms. The van der Waals surface area contributed by atoms with E-state index < -0.39 is 0 Å². The number of hydrogen-bond donors (Lipinski definition) is 1. The summed E-state index contributed by atoms with van der Waals surface area (Å²) in [6.45, 7) is 7.65. The number of carbonyl (C=O) groups excluding carboxylic acids is 1. The van der Waals surface area contributed by atoms with Crippen LogP contribution < -0.4 is 0 Å². The van der Waals surface area contributed by atoms with E-state index in [1.807, 2.05) is 30.5 Å². The zero-order valence-electron chi connectivity index (χ0n) is 16.4. The first-order chi connectivity index (χ1) is 13.6. The maximum absolute atomic E-state index is 12.8. The highest BCUT2D eigenvalue weighted by Crippen LogP contribution is 2.24. The number of pyridine rings is 1. The van der Waals surface area contributed by atoms with Crippen LogP contribution in [0.1, 0.15) is 32.4 Å². The number of nitrogens with zero attached hydrogens (tertiary/aromatic N) is 5. The van der Waals surface area contributed by atoms with E-state index in [4.69, 9.17) is 0 Å². The van der Waals surface area contributed by atoms with Gasteiger partial charge < -0.3 is 4.90 Å². The number of piperidine rings is 1. The molecule has 0 unspecified atom stereocenters. The summed E-state index contributed by atoms with van der Waals surface area (Å²) in [4.78, 5) is 19.8. The molecule has 0 bridgehead atoms. The van der Waals surface area contributed by atoms with Gasteiger partial charge in [0.25, 0.3) is 0 Å². The van der Waals surface area contributed by atoms with E-state index >= 15 is 0 Å². The molecule has 3 aromatic rings. The summed E-state index contributed by atoms with van der Waals surface area (Å²) in [5.41, 5.74) is 1.72. The molecule has 0 spiro atoms. The number of benzene rings is 1. The number of hydrogen-bond acceptors (Lipinski definition) is 6. The maximum atomic E-state index is 12.8. The second-order valence-electron chi connectivity index (χ2n) is 8.08. The molecule has 7 heteroatoms. The molecule has 4 rings (SSSR count). The minimum absolute atomic E-state index is 0.159. The van der Waals surface area contributed by atoms with Crippen LogP contribution in [0, 0.1) is 11.8 Å². The van der Waals surface area contributed by atoms with Crippen molar-refractivity contribution in [1.29, 1.82) is 0 Å². The van der Waals surface area contributed by atoms with Gasteiger partial charge in [-0.1, -0.05) is 26.0 Å². The van der Waals surface area contributed by atoms with Crippen LogP contribution in [0.4, 0.5) is 0 Å². The Bertz CT molecular complexity index is 945. The Hall–Kier alpha value is -2.67. The first-order valence-electron chi connectivity index (χ1n) is 9.96. The van der Waals surface area contributed by atoms with Crippen LogP contribution in [-0.2, 0) is 11.2 Å². The molecule has 0 radical (unpaired) electrons. The van der Waals surface area contributed by atoms with Gasteiger partial charge in [-0.25, -0.2) is 0 Å². The van der Waals surface area contributed by atoms with Gasteiger partial charge in [0.1, 0.15) is 5.78 Å². The predicted octanol–water partition coefficient (Wildman–Crippen LogP) is 2.89. The fourth-order valence-corrected chi connectivity index (χ4v) is 3.98. The molecular formula is C21H26N6O. The van der Waals surface area contributed by atoms with Crippen LogP contribution in [0.3, 0.4) is 0 Å². The molecule has 0 atom stereocenters. The number of fused-ring (bicyclic) bond motifs is 1. The van der Waals surface area contributed by atoms with Gasteiger partial charge in [-0.05, 0) is 54.6 Å². The van der Waals surface area contributed by atoms with Crippen molar-refractivity contribution in [2.24, 2.45) is 11.8 Å². The van der Waals surface area contributed by atoms with Crippen LogP contribution in [0.15, 0.2) is 30.5 Å². The van der Waals surface area contributed by atoms with Gasteiger partial charge in [-0.3, -0.25) is 9.78 Å². The number of rotatable bonds is 6. The highest BCUT2D eigenvalue weighted by atomic mass is 16.1. The minimum atomic E-state index is 0.159. The highest BCUT2D eigenvalue weighted by Gasteiger charge is 2.25. The molecule has 2 aromatic heterocycles. The summed E-state index contributed by atoms with van der Waals surface area (Å²) < 4.78 is 0. The number of tetrazole rings is 1. The Morgan fingerprint density at radius 2 is 2.04 bits per heavy atom. The Morgan fingerprint density at radius 1 is 1.21 bits per heavy atom. The predicted molar refractivity (Wildman–Crippen MR) is 108 cm³/mol. The van der Waals surface area contributed by atoms with Crippen molar-refractivity contribution < 1.29 is 4.79 Å². The maximum Gasteiger partial charge on any atom is 0.204 e. The van der Waals surface area contributed by atoms with E-state index in [0.29, 0.717) is 23.9 Å². The Morgan fingerprint density at radius 3 is 2.75 bits per heavy atom. The monoisotopic (exact) mass is 378 g/mol. The van der Waals surface area contributed by atoms with E-state index in [1.54, 1.807) is 0 Å². The molecule has 146 valence electrons. The largest absolute Gasteiger partial charge is 0.303 e. The van der Waals surface area contributed by atoms with Crippen LogP contribution in [0.5, 0.6) is 0 Å². The molecule has 1 aliphatic heterocycles. The average Bonchev–Trinajstić information content (AvgIpc) is 3.22. The quantitative estimate of drug-likeness (QED) is 0.710.